The monoisotopic (exact) mass is 194 g/mol. The maximum absolute atomic E-state index is 11.3. The highest BCUT2D eigenvalue weighted by atomic mass is 16.5. The van der Waals surface area contributed by atoms with Gasteiger partial charge in [-0.1, -0.05) is 13.8 Å². The Labute approximate surface area is 84.1 Å². The van der Waals surface area contributed by atoms with Crippen LogP contribution in [0.5, 0.6) is 0 Å². The molecule has 0 N–H and O–H groups in total. The quantitative estimate of drug-likeness (QED) is 0.625. The molecule has 0 saturated heterocycles. The van der Waals surface area contributed by atoms with Gasteiger partial charge in [-0.15, -0.1) is 0 Å². The normalized spacial score (nSPS) is 11.5. The molecule has 1 unspecified atom stereocenters. The highest BCUT2D eigenvalue weighted by molar-refractivity contribution is 5.72. The zero-order valence-electron chi connectivity index (χ0n) is 8.49. The number of nitriles is 2. The molecule has 0 saturated carbocycles. The summed E-state index contributed by atoms with van der Waals surface area (Å²) in [6.07, 6.45) is 0.280. The van der Waals surface area contributed by atoms with E-state index < -0.39 is 6.10 Å². The number of rotatable bonds is 5. The van der Waals surface area contributed by atoms with Crippen LogP contribution in [0.25, 0.3) is 0 Å². The van der Waals surface area contributed by atoms with Gasteiger partial charge in [-0.3, -0.25) is 4.79 Å². The highest BCUT2D eigenvalue weighted by Gasteiger charge is 2.18. The summed E-state index contributed by atoms with van der Waals surface area (Å²) in [7, 11) is 0. The third kappa shape index (κ3) is 4.47. The number of nitrogens with zero attached hydrogens (tertiary/aromatic N) is 2. The van der Waals surface area contributed by atoms with Crippen molar-refractivity contribution in [1.82, 2.24) is 0 Å². The number of esters is 1. The summed E-state index contributed by atoms with van der Waals surface area (Å²) < 4.78 is 5.00. The van der Waals surface area contributed by atoms with Crippen molar-refractivity contribution in [3.63, 3.8) is 0 Å². The minimum atomic E-state index is -0.577. The van der Waals surface area contributed by atoms with Gasteiger partial charge in [-0.25, -0.2) is 0 Å². The van der Waals surface area contributed by atoms with Crippen molar-refractivity contribution >= 4 is 5.97 Å². The summed E-state index contributed by atoms with van der Waals surface area (Å²) in [6.45, 7) is 3.65. The van der Waals surface area contributed by atoms with Crippen LogP contribution < -0.4 is 0 Å². The number of hydrogen-bond donors (Lipinski definition) is 0. The Morgan fingerprint density at radius 2 is 1.86 bits per heavy atom. The average molecular weight is 194 g/mol. The summed E-state index contributed by atoms with van der Waals surface area (Å²) in [5.41, 5.74) is 0. The molecule has 4 nitrogen and oxygen atoms in total. The van der Waals surface area contributed by atoms with Crippen LogP contribution in [-0.2, 0) is 9.53 Å². The van der Waals surface area contributed by atoms with E-state index in [9.17, 15) is 4.79 Å². The van der Waals surface area contributed by atoms with Crippen LogP contribution in [0.4, 0.5) is 0 Å². The van der Waals surface area contributed by atoms with Gasteiger partial charge in [0.05, 0.1) is 30.9 Å². The molecular weight excluding hydrogens is 180 g/mol. The van der Waals surface area contributed by atoms with Gasteiger partial charge < -0.3 is 4.74 Å². The highest BCUT2D eigenvalue weighted by Crippen LogP contribution is 2.09. The summed E-state index contributed by atoms with van der Waals surface area (Å²) in [4.78, 5) is 11.3. The first-order chi connectivity index (χ1) is 6.65. The van der Waals surface area contributed by atoms with Crippen molar-refractivity contribution in [2.24, 2.45) is 5.92 Å². The summed E-state index contributed by atoms with van der Waals surface area (Å²) in [6, 6.07) is 3.77. The molecule has 0 aromatic rings. The smallest absolute Gasteiger partial charge is 0.308 e. The summed E-state index contributed by atoms with van der Waals surface area (Å²) in [5.74, 6) is -0.502. The Hall–Kier alpha value is -1.55. The van der Waals surface area contributed by atoms with Crippen LogP contribution in [-0.4, -0.2) is 12.1 Å². The van der Waals surface area contributed by atoms with E-state index in [2.05, 4.69) is 0 Å². The van der Waals surface area contributed by atoms with Crippen LogP contribution in [0.1, 0.15) is 33.1 Å². The molecule has 0 aliphatic carbocycles. The predicted octanol–water partition coefficient (Wildman–Crippen LogP) is 1.77. The summed E-state index contributed by atoms with van der Waals surface area (Å²) in [5, 5.41) is 16.8. The maximum Gasteiger partial charge on any atom is 0.308 e. The fourth-order valence-corrected chi connectivity index (χ4v) is 0.806. The van der Waals surface area contributed by atoms with Gasteiger partial charge in [0, 0.05) is 0 Å². The van der Waals surface area contributed by atoms with Gasteiger partial charge in [0.1, 0.15) is 6.10 Å². The van der Waals surface area contributed by atoms with E-state index in [4.69, 9.17) is 15.3 Å². The first-order valence-electron chi connectivity index (χ1n) is 4.60. The molecule has 1 atom stereocenters. The molecule has 0 rings (SSSR count). The van der Waals surface area contributed by atoms with Crippen LogP contribution in [0.2, 0.25) is 0 Å². The van der Waals surface area contributed by atoms with Gasteiger partial charge in [-0.05, 0) is 6.42 Å². The fraction of sp³-hybridized carbons (Fsp3) is 0.700. The second-order valence-corrected chi connectivity index (χ2v) is 3.09. The lowest BCUT2D eigenvalue weighted by Crippen LogP contribution is -2.22. The first kappa shape index (κ1) is 12.4. The first-order valence-corrected chi connectivity index (χ1v) is 4.60. The molecule has 0 fully saturated rings. The van der Waals surface area contributed by atoms with Crippen molar-refractivity contribution in [2.75, 3.05) is 0 Å². The third-order valence-electron chi connectivity index (χ3n) is 1.94. The zero-order chi connectivity index (χ0) is 11.0. The Morgan fingerprint density at radius 1 is 1.36 bits per heavy atom. The van der Waals surface area contributed by atoms with E-state index in [1.54, 1.807) is 6.92 Å². The predicted molar refractivity (Wildman–Crippen MR) is 49.8 cm³/mol. The lowest BCUT2D eigenvalue weighted by Gasteiger charge is -2.14. The van der Waals surface area contributed by atoms with Crippen LogP contribution in [0.15, 0.2) is 0 Å². The SMILES string of the molecule is CCC(C)C(=O)OC(CC#N)CC#N. The van der Waals surface area contributed by atoms with Crippen molar-refractivity contribution < 1.29 is 9.53 Å². The maximum atomic E-state index is 11.3. The molecule has 76 valence electrons. The minimum absolute atomic E-state index is 0.0791. The topological polar surface area (TPSA) is 73.9 Å². The second kappa shape index (κ2) is 6.91. The largest absolute Gasteiger partial charge is 0.460 e. The Balaban J connectivity index is 4.11. The Bertz CT molecular complexity index is 246. The summed E-state index contributed by atoms with van der Waals surface area (Å²) >= 11 is 0. The second-order valence-electron chi connectivity index (χ2n) is 3.09. The standard InChI is InChI=1S/C10H14N2O2/c1-3-8(2)10(13)14-9(4-6-11)5-7-12/h8-9H,3-5H2,1-2H3. The fourth-order valence-electron chi connectivity index (χ4n) is 0.806. The molecule has 0 amide bonds. The molecule has 0 aromatic heterocycles. The number of carbonyl (C=O) groups excluding carboxylic acids is 1. The molecule has 0 heterocycles. The van der Waals surface area contributed by atoms with Gasteiger partial charge >= 0.3 is 5.97 Å². The zero-order valence-corrected chi connectivity index (χ0v) is 8.49. The molecule has 0 spiro atoms. The van der Waals surface area contributed by atoms with Gasteiger partial charge in [0.15, 0.2) is 0 Å². The van der Waals surface area contributed by atoms with Crippen molar-refractivity contribution in [2.45, 2.75) is 39.2 Å². The third-order valence-corrected chi connectivity index (χ3v) is 1.94. The molecular formula is C10H14N2O2. The van der Waals surface area contributed by atoms with E-state index in [1.807, 2.05) is 19.1 Å². The van der Waals surface area contributed by atoms with E-state index in [0.717, 1.165) is 0 Å². The molecule has 0 bridgehead atoms. The number of carbonyl (C=O) groups is 1. The Kier molecular flexibility index (Phi) is 6.15. The average Bonchev–Trinajstić information content (AvgIpc) is 2.17. The molecule has 14 heavy (non-hydrogen) atoms. The van der Waals surface area contributed by atoms with Crippen LogP contribution >= 0.6 is 0 Å². The van der Waals surface area contributed by atoms with Crippen molar-refractivity contribution in [3.8, 4) is 12.1 Å². The molecule has 0 radical (unpaired) electrons. The molecule has 0 aliphatic heterocycles. The van der Waals surface area contributed by atoms with Gasteiger partial charge in [0.2, 0.25) is 0 Å². The lowest BCUT2D eigenvalue weighted by molar-refractivity contribution is -0.153. The molecule has 4 heteroatoms. The van der Waals surface area contributed by atoms with E-state index in [1.165, 1.54) is 0 Å². The van der Waals surface area contributed by atoms with Crippen LogP contribution in [0, 0.1) is 28.6 Å². The Morgan fingerprint density at radius 3 is 2.21 bits per heavy atom. The van der Waals surface area contributed by atoms with E-state index in [-0.39, 0.29) is 24.7 Å². The van der Waals surface area contributed by atoms with Crippen molar-refractivity contribution in [3.05, 3.63) is 0 Å². The van der Waals surface area contributed by atoms with Gasteiger partial charge in [-0.2, -0.15) is 10.5 Å². The van der Waals surface area contributed by atoms with Crippen molar-refractivity contribution in [1.29, 1.82) is 10.5 Å². The number of ether oxygens (including phenoxy) is 1. The van der Waals surface area contributed by atoms with Crippen LogP contribution in [0.3, 0.4) is 0 Å². The molecule has 0 aromatic carbocycles. The lowest BCUT2D eigenvalue weighted by atomic mass is 10.1. The molecule has 0 aliphatic rings. The minimum Gasteiger partial charge on any atom is -0.460 e. The van der Waals surface area contributed by atoms with E-state index >= 15 is 0 Å². The number of hydrogen-bond acceptors (Lipinski definition) is 4. The van der Waals surface area contributed by atoms with E-state index in [0.29, 0.717) is 6.42 Å². The van der Waals surface area contributed by atoms with Gasteiger partial charge in [0.25, 0.3) is 0 Å².